The molecule has 1 heterocycles. The molecule has 9 heteroatoms. The van der Waals surface area contributed by atoms with Crippen molar-refractivity contribution in [3.05, 3.63) is 35.4 Å². The summed E-state index contributed by atoms with van der Waals surface area (Å²) in [5.41, 5.74) is 1.75. The smallest absolute Gasteiger partial charge is 0.407 e. The van der Waals surface area contributed by atoms with Crippen molar-refractivity contribution < 1.29 is 29.0 Å². The first-order valence-electron chi connectivity index (χ1n) is 10.9. The lowest BCUT2D eigenvalue weighted by Gasteiger charge is -2.29. The first-order chi connectivity index (χ1) is 15.0. The van der Waals surface area contributed by atoms with Crippen molar-refractivity contribution in [3.8, 4) is 0 Å². The molecule has 0 saturated carbocycles. The van der Waals surface area contributed by atoms with Gasteiger partial charge in [-0.3, -0.25) is 0 Å². The Labute approximate surface area is 183 Å². The quantitative estimate of drug-likeness (QED) is 0.481. The van der Waals surface area contributed by atoms with E-state index in [1.807, 2.05) is 24.3 Å². The van der Waals surface area contributed by atoms with E-state index >= 15 is 0 Å². The molecule has 1 aliphatic rings. The number of unbranched alkanes of at least 4 members (excludes halogenated alkanes) is 3. The zero-order chi connectivity index (χ0) is 22.5. The van der Waals surface area contributed by atoms with Crippen LogP contribution in [0.1, 0.15) is 56.6 Å². The summed E-state index contributed by atoms with van der Waals surface area (Å²) in [4.78, 5) is 35.9. The van der Waals surface area contributed by atoms with Crippen LogP contribution in [0, 0.1) is 0 Å². The molecular formula is C22H33N3O6. The number of likely N-dealkylation sites (tertiary alicyclic amines) is 1. The molecule has 0 unspecified atom stereocenters. The molecule has 3 N–H and O–H groups in total. The van der Waals surface area contributed by atoms with E-state index in [2.05, 4.69) is 17.6 Å². The standard InChI is InChI=1S/C22H33N3O6/c1-2-3-4-5-12-23-20(26)30-16-18-8-6-17(7-9-18)15-24-21(27)31-19-10-13-25(14-11-19)22(28)29/h6-9,19H,2-5,10-16H2,1H3,(H,23,26)(H,24,27)(H,28,29). The number of nitrogens with zero attached hydrogens (tertiary/aromatic N) is 1. The van der Waals surface area contributed by atoms with Crippen LogP contribution < -0.4 is 10.6 Å². The third-order valence-corrected chi connectivity index (χ3v) is 5.12. The topological polar surface area (TPSA) is 117 Å². The van der Waals surface area contributed by atoms with Crippen LogP contribution in [-0.4, -0.2) is 54.0 Å². The van der Waals surface area contributed by atoms with Crippen molar-refractivity contribution >= 4 is 18.3 Å². The Balaban J connectivity index is 1.61. The van der Waals surface area contributed by atoms with Crippen LogP contribution in [0.15, 0.2) is 24.3 Å². The van der Waals surface area contributed by atoms with Gasteiger partial charge in [0.15, 0.2) is 0 Å². The maximum Gasteiger partial charge on any atom is 0.407 e. The fraction of sp³-hybridized carbons (Fsp3) is 0.591. The monoisotopic (exact) mass is 435 g/mol. The van der Waals surface area contributed by atoms with E-state index < -0.39 is 18.3 Å². The highest BCUT2D eigenvalue weighted by atomic mass is 16.6. The number of amides is 3. The van der Waals surface area contributed by atoms with Crippen molar-refractivity contribution in [2.24, 2.45) is 0 Å². The minimum atomic E-state index is -0.945. The van der Waals surface area contributed by atoms with Gasteiger partial charge < -0.3 is 30.1 Å². The summed E-state index contributed by atoms with van der Waals surface area (Å²) < 4.78 is 10.5. The van der Waals surface area contributed by atoms with E-state index in [4.69, 9.17) is 14.6 Å². The Bertz CT molecular complexity index is 702. The van der Waals surface area contributed by atoms with Crippen LogP contribution in [0.2, 0.25) is 0 Å². The van der Waals surface area contributed by atoms with Crippen molar-refractivity contribution in [3.63, 3.8) is 0 Å². The summed E-state index contributed by atoms with van der Waals surface area (Å²) in [6.45, 7) is 4.00. The Morgan fingerprint density at radius 2 is 1.68 bits per heavy atom. The number of benzene rings is 1. The van der Waals surface area contributed by atoms with Gasteiger partial charge in [-0.1, -0.05) is 50.5 Å². The predicted octanol–water partition coefficient (Wildman–Crippen LogP) is 3.86. The van der Waals surface area contributed by atoms with Crippen LogP contribution in [0.3, 0.4) is 0 Å². The van der Waals surface area contributed by atoms with Gasteiger partial charge in [-0.05, 0) is 17.5 Å². The third kappa shape index (κ3) is 9.59. The molecule has 3 amide bonds. The van der Waals surface area contributed by atoms with E-state index in [0.29, 0.717) is 39.0 Å². The van der Waals surface area contributed by atoms with E-state index in [9.17, 15) is 14.4 Å². The van der Waals surface area contributed by atoms with Gasteiger partial charge in [0.1, 0.15) is 12.7 Å². The van der Waals surface area contributed by atoms with Gasteiger partial charge in [-0.2, -0.15) is 0 Å². The van der Waals surface area contributed by atoms with Gasteiger partial charge in [0.05, 0.1) is 0 Å². The molecule has 9 nitrogen and oxygen atoms in total. The molecule has 1 aromatic rings. The SMILES string of the molecule is CCCCCCNC(=O)OCc1ccc(CNC(=O)OC2CCN(C(=O)O)CC2)cc1. The van der Waals surface area contributed by atoms with Crippen LogP contribution in [0.4, 0.5) is 14.4 Å². The first kappa shape index (κ1) is 24.3. The lowest BCUT2D eigenvalue weighted by atomic mass is 10.1. The third-order valence-electron chi connectivity index (χ3n) is 5.12. The van der Waals surface area contributed by atoms with Crippen molar-refractivity contribution in [1.82, 2.24) is 15.5 Å². The number of piperidine rings is 1. The molecule has 0 radical (unpaired) electrons. The van der Waals surface area contributed by atoms with Gasteiger partial charge in [0, 0.05) is 39.0 Å². The fourth-order valence-corrected chi connectivity index (χ4v) is 3.23. The maximum absolute atomic E-state index is 12.0. The number of ether oxygens (including phenoxy) is 2. The first-order valence-corrected chi connectivity index (χ1v) is 10.9. The van der Waals surface area contributed by atoms with Gasteiger partial charge in [-0.25, -0.2) is 14.4 Å². The van der Waals surface area contributed by atoms with Gasteiger partial charge in [-0.15, -0.1) is 0 Å². The Morgan fingerprint density at radius 3 is 2.32 bits per heavy atom. The zero-order valence-electron chi connectivity index (χ0n) is 18.1. The van der Waals surface area contributed by atoms with E-state index in [-0.39, 0.29) is 12.7 Å². The second kappa shape index (κ2) is 13.4. The molecule has 0 spiro atoms. The summed E-state index contributed by atoms with van der Waals surface area (Å²) in [6.07, 6.45) is 3.23. The van der Waals surface area contributed by atoms with Crippen LogP contribution >= 0.6 is 0 Å². The lowest BCUT2D eigenvalue weighted by molar-refractivity contribution is 0.0508. The molecule has 0 aliphatic carbocycles. The molecule has 0 bridgehead atoms. The Hall–Kier alpha value is -2.97. The molecule has 31 heavy (non-hydrogen) atoms. The van der Waals surface area contributed by atoms with Crippen LogP contribution in [0.25, 0.3) is 0 Å². The molecule has 1 fully saturated rings. The van der Waals surface area contributed by atoms with Crippen molar-refractivity contribution in [1.29, 1.82) is 0 Å². The predicted molar refractivity (Wildman–Crippen MR) is 115 cm³/mol. The summed E-state index contributed by atoms with van der Waals surface area (Å²) in [5, 5.41) is 14.4. The highest BCUT2D eigenvalue weighted by Gasteiger charge is 2.24. The number of carbonyl (C=O) groups is 3. The van der Waals surface area contributed by atoms with Crippen molar-refractivity contribution in [2.75, 3.05) is 19.6 Å². The number of carbonyl (C=O) groups excluding carboxylic acids is 2. The van der Waals surface area contributed by atoms with Gasteiger partial charge in [0.25, 0.3) is 0 Å². The van der Waals surface area contributed by atoms with Crippen LogP contribution in [0.5, 0.6) is 0 Å². The average Bonchev–Trinajstić information content (AvgIpc) is 2.77. The Kier molecular flexibility index (Phi) is 10.5. The van der Waals surface area contributed by atoms with E-state index in [0.717, 1.165) is 30.4 Å². The van der Waals surface area contributed by atoms with Crippen LogP contribution in [-0.2, 0) is 22.6 Å². The Morgan fingerprint density at radius 1 is 1.00 bits per heavy atom. The summed E-state index contributed by atoms with van der Waals surface area (Å²) in [7, 11) is 0. The number of nitrogens with one attached hydrogen (secondary N) is 2. The molecular weight excluding hydrogens is 402 g/mol. The molecule has 0 atom stereocenters. The number of hydrogen-bond acceptors (Lipinski definition) is 5. The van der Waals surface area contributed by atoms with Gasteiger partial charge >= 0.3 is 18.3 Å². The molecule has 1 aromatic carbocycles. The largest absolute Gasteiger partial charge is 0.465 e. The minimum absolute atomic E-state index is 0.186. The fourth-order valence-electron chi connectivity index (χ4n) is 3.23. The summed E-state index contributed by atoms with van der Waals surface area (Å²) >= 11 is 0. The molecule has 0 aromatic heterocycles. The number of carboxylic acid groups (broad SMARTS) is 1. The molecule has 1 saturated heterocycles. The minimum Gasteiger partial charge on any atom is -0.465 e. The highest BCUT2D eigenvalue weighted by molar-refractivity contribution is 5.68. The highest BCUT2D eigenvalue weighted by Crippen LogP contribution is 2.14. The molecule has 2 rings (SSSR count). The molecule has 172 valence electrons. The zero-order valence-corrected chi connectivity index (χ0v) is 18.1. The molecule has 1 aliphatic heterocycles. The second-order valence-electron chi connectivity index (χ2n) is 7.61. The van der Waals surface area contributed by atoms with E-state index in [1.54, 1.807) is 0 Å². The number of hydrogen-bond donors (Lipinski definition) is 3. The summed E-state index contributed by atoms with van der Waals surface area (Å²) in [5.74, 6) is 0. The number of rotatable bonds is 10. The van der Waals surface area contributed by atoms with E-state index in [1.165, 1.54) is 11.3 Å². The normalized spacial score (nSPS) is 14.0. The lowest BCUT2D eigenvalue weighted by Crippen LogP contribution is -2.41. The van der Waals surface area contributed by atoms with Crippen molar-refractivity contribution in [2.45, 2.75) is 64.7 Å². The second-order valence-corrected chi connectivity index (χ2v) is 7.61. The average molecular weight is 436 g/mol. The number of alkyl carbamates (subject to hydrolysis) is 2. The van der Waals surface area contributed by atoms with Gasteiger partial charge in [0.2, 0.25) is 0 Å². The summed E-state index contributed by atoms with van der Waals surface area (Å²) in [6, 6.07) is 7.40. The maximum atomic E-state index is 12.0.